The van der Waals surface area contributed by atoms with Crippen molar-refractivity contribution in [1.82, 2.24) is 14.7 Å². The number of amides is 1. The first-order valence-electron chi connectivity index (χ1n) is 12.4. The number of carbonyl (C=O) groups excluding carboxylic acids is 1. The Kier molecular flexibility index (Phi) is 7.04. The van der Waals surface area contributed by atoms with Gasteiger partial charge in [-0.15, -0.1) is 0 Å². The topological polar surface area (TPSA) is 65.5 Å². The van der Waals surface area contributed by atoms with Crippen LogP contribution in [0.25, 0.3) is 0 Å². The van der Waals surface area contributed by atoms with Crippen molar-refractivity contribution in [3.63, 3.8) is 0 Å². The van der Waals surface area contributed by atoms with Crippen molar-refractivity contribution in [2.75, 3.05) is 52.9 Å². The van der Waals surface area contributed by atoms with E-state index < -0.39 is 6.10 Å². The standard InChI is InChI=1S/C27H35N3O4/c1-28-11-4-7-24(19-28)34-23-8-9-25-26(15-23)33-14-13-30(27(25)32)18-22(31)17-29-12-10-20-5-2-3-6-21(20)16-29/h2-3,5-6,8-9,15,22,24,31H,4,7,10-14,16-19H2,1H3. The van der Waals surface area contributed by atoms with Gasteiger partial charge in [0.05, 0.1) is 18.2 Å². The number of piperidine rings is 1. The lowest BCUT2D eigenvalue weighted by Crippen LogP contribution is -2.44. The highest BCUT2D eigenvalue weighted by atomic mass is 16.5. The minimum atomic E-state index is -0.610. The highest BCUT2D eigenvalue weighted by Gasteiger charge is 2.28. The molecule has 0 aliphatic carbocycles. The lowest BCUT2D eigenvalue weighted by atomic mass is 10.00. The van der Waals surface area contributed by atoms with Gasteiger partial charge in [-0.25, -0.2) is 0 Å². The molecule has 2 aromatic carbocycles. The van der Waals surface area contributed by atoms with E-state index in [1.54, 1.807) is 11.0 Å². The Morgan fingerprint density at radius 2 is 1.97 bits per heavy atom. The summed E-state index contributed by atoms with van der Waals surface area (Å²) in [6, 6.07) is 14.0. The minimum Gasteiger partial charge on any atom is -0.491 e. The largest absolute Gasteiger partial charge is 0.491 e. The molecule has 0 radical (unpaired) electrons. The monoisotopic (exact) mass is 465 g/mol. The highest BCUT2D eigenvalue weighted by Crippen LogP contribution is 2.29. The summed E-state index contributed by atoms with van der Waals surface area (Å²) in [7, 11) is 2.11. The number of β-amino-alcohol motifs (C(OH)–C–C–N with tert-alkyl or cyclic N) is 1. The molecule has 1 N–H and O–H groups in total. The van der Waals surface area contributed by atoms with Crippen LogP contribution in [0.15, 0.2) is 42.5 Å². The molecule has 7 heteroatoms. The first kappa shape index (κ1) is 23.1. The second-order valence-electron chi connectivity index (χ2n) is 9.81. The molecule has 182 valence electrons. The zero-order chi connectivity index (χ0) is 23.5. The number of fused-ring (bicyclic) bond motifs is 2. The van der Waals surface area contributed by atoms with Crippen LogP contribution in [-0.4, -0.2) is 90.8 Å². The van der Waals surface area contributed by atoms with Crippen molar-refractivity contribution in [2.24, 2.45) is 0 Å². The van der Waals surface area contributed by atoms with Gasteiger partial charge in [-0.1, -0.05) is 24.3 Å². The van der Waals surface area contributed by atoms with Gasteiger partial charge in [-0.05, 0) is 56.1 Å². The maximum absolute atomic E-state index is 13.2. The highest BCUT2D eigenvalue weighted by molar-refractivity contribution is 5.97. The summed E-state index contributed by atoms with van der Waals surface area (Å²) in [5.74, 6) is 1.21. The average Bonchev–Trinajstić information content (AvgIpc) is 2.97. The Labute approximate surface area is 201 Å². The van der Waals surface area contributed by atoms with Crippen molar-refractivity contribution in [1.29, 1.82) is 0 Å². The number of rotatable bonds is 6. The molecule has 2 aromatic rings. The number of benzene rings is 2. The molecule has 3 heterocycles. The average molecular weight is 466 g/mol. The molecular weight excluding hydrogens is 430 g/mol. The van der Waals surface area contributed by atoms with Crippen molar-refractivity contribution in [3.8, 4) is 11.5 Å². The summed E-state index contributed by atoms with van der Waals surface area (Å²) in [5.41, 5.74) is 3.25. The van der Waals surface area contributed by atoms with Crippen LogP contribution in [-0.2, 0) is 13.0 Å². The van der Waals surface area contributed by atoms with Crippen molar-refractivity contribution >= 4 is 5.91 Å². The normalized spacial score (nSPS) is 22.4. The first-order valence-corrected chi connectivity index (χ1v) is 12.4. The molecule has 1 saturated heterocycles. The van der Waals surface area contributed by atoms with Crippen LogP contribution in [0.2, 0.25) is 0 Å². The van der Waals surface area contributed by atoms with Crippen LogP contribution < -0.4 is 9.47 Å². The quantitative estimate of drug-likeness (QED) is 0.707. The number of nitrogens with zero attached hydrogens (tertiary/aromatic N) is 3. The third-order valence-electron chi connectivity index (χ3n) is 7.08. The van der Waals surface area contributed by atoms with Gasteiger partial charge in [0, 0.05) is 38.8 Å². The lowest BCUT2D eigenvalue weighted by Gasteiger charge is -2.32. The molecule has 2 atom stereocenters. The number of carbonyl (C=O) groups is 1. The maximum Gasteiger partial charge on any atom is 0.257 e. The SMILES string of the molecule is CN1CCCC(Oc2ccc3c(c2)OCCN(CC(O)CN2CCc4ccccc4C2)C3=O)C1. The minimum absolute atomic E-state index is 0.0977. The Morgan fingerprint density at radius 3 is 2.82 bits per heavy atom. The van der Waals surface area contributed by atoms with Crippen molar-refractivity contribution < 1.29 is 19.4 Å². The summed E-state index contributed by atoms with van der Waals surface area (Å²) >= 11 is 0. The second-order valence-corrected chi connectivity index (χ2v) is 9.81. The number of likely N-dealkylation sites (N-methyl/N-ethyl adjacent to an activating group) is 1. The van der Waals surface area contributed by atoms with E-state index in [-0.39, 0.29) is 12.0 Å². The molecule has 34 heavy (non-hydrogen) atoms. The molecular formula is C27H35N3O4. The number of likely N-dealkylation sites (tertiary alicyclic amines) is 1. The Balaban J connectivity index is 1.19. The van der Waals surface area contributed by atoms with Gasteiger partial charge >= 0.3 is 0 Å². The lowest BCUT2D eigenvalue weighted by molar-refractivity contribution is 0.0501. The van der Waals surface area contributed by atoms with Gasteiger partial charge < -0.3 is 24.4 Å². The fraction of sp³-hybridized carbons (Fsp3) is 0.519. The summed E-state index contributed by atoms with van der Waals surface area (Å²) in [6.45, 7) is 5.48. The summed E-state index contributed by atoms with van der Waals surface area (Å²) < 4.78 is 12.1. The van der Waals surface area contributed by atoms with Crippen LogP contribution >= 0.6 is 0 Å². The molecule has 3 aliphatic heterocycles. The zero-order valence-electron chi connectivity index (χ0n) is 20.0. The number of hydrogen-bond donors (Lipinski definition) is 1. The predicted molar refractivity (Wildman–Crippen MR) is 130 cm³/mol. The fourth-order valence-corrected chi connectivity index (χ4v) is 5.31. The van der Waals surface area contributed by atoms with E-state index in [1.807, 2.05) is 12.1 Å². The van der Waals surface area contributed by atoms with E-state index in [9.17, 15) is 9.90 Å². The van der Waals surface area contributed by atoms with E-state index in [4.69, 9.17) is 9.47 Å². The summed E-state index contributed by atoms with van der Waals surface area (Å²) in [6.07, 6.45) is 2.71. The Bertz CT molecular complexity index is 1010. The molecule has 1 amide bonds. The van der Waals surface area contributed by atoms with Gasteiger partial charge in [0.2, 0.25) is 0 Å². The van der Waals surface area contributed by atoms with Crippen LogP contribution in [0.4, 0.5) is 0 Å². The Morgan fingerprint density at radius 1 is 1.12 bits per heavy atom. The van der Waals surface area contributed by atoms with Gasteiger partial charge in [0.15, 0.2) is 0 Å². The predicted octanol–water partition coefficient (Wildman–Crippen LogP) is 2.41. The molecule has 0 aromatic heterocycles. The van der Waals surface area contributed by atoms with Crippen LogP contribution in [0.1, 0.15) is 34.3 Å². The van der Waals surface area contributed by atoms with E-state index in [0.29, 0.717) is 37.6 Å². The van der Waals surface area contributed by atoms with Crippen molar-refractivity contribution in [3.05, 3.63) is 59.2 Å². The van der Waals surface area contributed by atoms with E-state index in [2.05, 4.69) is 41.1 Å². The first-order chi connectivity index (χ1) is 16.5. The molecule has 0 bridgehead atoms. The number of aliphatic hydroxyl groups excluding tert-OH is 1. The van der Waals surface area contributed by atoms with E-state index >= 15 is 0 Å². The fourth-order valence-electron chi connectivity index (χ4n) is 5.31. The molecule has 3 aliphatic rings. The third-order valence-corrected chi connectivity index (χ3v) is 7.08. The summed E-state index contributed by atoms with van der Waals surface area (Å²) in [5, 5.41) is 10.8. The van der Waals surface area contributed by atoms with Crippen molar-refractivity contribution in [2.45, 2.75) is 38.0 Å². The zero-order valence-corrected chi connectivity index (χ0v) is 20.0. The molecule has 0 spiro atoms. The molecule has 2 unspecified atom stereocenters. The Hall–Kier alpha value is -2.61. The second kappa shape index (κ2) is 10.3. The molecule has 5 rings (SSSR count). The maximum atomic E-state index is 13.2. The van der Waals surface area contributed by atoms with Crippen LogP contribution in [0, 0.1) is 0 Å². The van der Waals surface area contributed by atoms with Crippen LogP contribution in [0.3, 0.4) is 0 Å². The number of aliphatic hydroxyl groups is 1. The molecule has 1 fully saturated rings. The van der Waals surface area contributed by atoms with Crippen LogP contribution in [0.5, 0.6) is 11.5 Å². The van der Waals surface area contributed by atoms with Gasteiger partial charge in [0.25, 0.3) is 5.91 Å². The molecule has 7 nitrogen and oxygen atoms in total. The van der Waals surface area contributed by atoms with Gasteiger partial charge in [-0.2, -0.15) is 0 Å². The molecule has 0 saturated carbocycles. The third kappa shape index (κ3) is 5.37. The van der Waals surface area contributed by atoms with E-state index in [1.165, 1.54) is 11.1 Å². The van der Waals surface area contributed by atoms with E-state index in [0.717, 1.165) is 51.2 Å². The van der Waals surface area contributed by atoms with Gasteiger partial charge in [-0.3, -0.25) is 9.69 Å². The number of hydrogen-bond acceptors (Lipinski definition) is 6. The summed E-state index contributed by atoms with van der Waals surface area (Å²) in [4.78, 5) is 19.5. The smallest absolute Gasteiger partial charge is 0.257 e. The van der Waals surface area contributed by atoms with Gasteiger partial charge in [0.1, 0.15) is 24.2 Å². The number of ether oxygens (including phenoxy) is 2.